The van der Waals surface area contributed by atoms with Crippen LogP contribution in [0.5, 0.6) is 11.5 Å². The van der Waals surface area contributed by atoms with Gasteiger partial charge in [0.25, 0.3) is 0 Å². The number of nitrogens with zero attached hydrogens (tertiary/aromatic N) is 4. The Morgan fingerprint density at radius 1 is 0.894 bits per heavy atom. The van der Waals surface area contributed by atoms with Gasteiger partial charge in [0.15, 0.2) is 0 Å². The van der Waals surface area contributed by atoms with Crippen molar-refractivity contribution in [2.24, 2.45) is 11.1 Å². The van der Waals surface area contributed by atoms with Crippen LogP contribution in [-0.4, -0.2) is 69.0 Å². The molecule has 242 valence electrons. The zero-order chi connectivity index (χ0) is 32.1. The minimum atomic E-state index is -0.986. The Bertz CT molecular complexity index is 1920. The lowest BCUT2D eigenvalue weighted by molar-refractivity contribution is -0.0882. The summed E-state index contributed by atoms with van der Waals surface area (Å²) in [6.07, 6.45) is 1.20. The van der Waals surface area contributed by atoms with Gasteiger partial charge >= 0.3 is 11.4 Å². The van der Waals surface area contributed by atoms with Gasteiger partial charge in [-0.2, -0.15) is 0 Å². The lowest BCUT2D eigenvalue weighted by atomic mass is 9.78. The fraction of sp³-hybridized carbons (Fsp3) is 0.343. The Kier molecular flexibility index (Phi) is 7.55. The number of para-hydroxylation sites is 1. The molecule has 4 heterocycles. The van der Waals surface area contributed by atoms with E-state index in [4.69, 9.17) is 23.8 Å². The molecule has 0 unspecified atom stereocenters. The van der Waals surface area contributed by atoms with E-state index < -0.39 is 47.9 Å². The molecule has 3 aromatic carbocycles. The number of hydrogen-bond donors (Lipinski definition) is 1. The number of ether oxygens (including phenoxy) is 4. The normalized spacial score (nSPS) is 29.8. The van der Waals surface area contributed by atoms with Crippen molar-refractivity contribution in [3.05, 3.63) is 124 Å². The van der Waals surface area contributed by atoms with Gasteiger partial charge in [0, 0.05) is 12.5 Å². The Morgan fingerprint density at radius 2 is 1.62 bits per heavy atom. The van der Waals surface area contributed by atoms with Crippen molar-refractivity contribution in [1.29, 1.82) is 0 Å². The van der Waals surface area contributed by atoms with E-state index in [1.54, 1.807) is 31.4 Å². The molecule has 1 aromatic heterocycles. The van der Waals surface area contributed by atoms with E-state index in [2.05, 4.69) is 5.16 Å². The van der Waals surface area contributed by atoms with Gasteiger partial charge < -0.3 is 28.9 Å². The third kappa shape index (κ3) is 5.28. The predicted molar refractivity (Wildman–Crippen MR) is 170 cm³/mol. The maximum absolute atomic E-state index is 13.7. The fourth-order valence-corrected chi connectivity index (χ4v) is 6.96. The maximum Gasteiger partial charge on any atom is 0.352 e. The van der Waals surface area contributed by atoms with Crippen LogP contribution in [-0.2, 0) is 20.9 Å². The van der Waals surface area contributed by atoms with Crippen LogP contribution in [0.3, 0.4) is 0 Å². The highest BCUT2D eigenvalue weighted by atomic mass is 16.7. The molecular formula is C35H34N4O8. The van der Waals surface area contributed by atoms with E-state index in [1.807, 2.05) is 72.8 Å². The fourth-order valence-electron chi connectivity index (χ4n) is 6.96. The van der Waals surface area contributed by atoms with Crippen LogP contribution in [0.25, 0.3) is 5.69 Å². The van der Waals surface area contributed by atoms with Crippen LogP contribution in [0.2, 0.25) is 0 Å². The molecule has 1 N–H and O–H groups in total. The van der Waals surface area contributed by atoms with Gasteiger partial charge in [-0.1, -0.05) is 59.8 Å². The van der Waals surface area contributed by atoms with Gasteiger partial charge in [0.2, 0.25) is 0 Å². The van der Waals surface area contributed by atoms with Crippen LogP contribution in [0.15, 0.2) is 112 Å². The first-order chi connectivity index (χ1) is 23.0. The van der Waals surface area contributed by atoms with Crippen LogP contribution >= 0.6 is 0 Å². The third-order valence-electron chi connectivity index (χ3n) is 9.34. The van der Waals surface area contributed by atoms with E-state index >= 15 is 0 Å². The monoisotopic (exact) mass is 638 g/mol. The number of aliphatic hydroxyl groups excluding tert-OH is 1. The molecule has 47 heavy (non-hydrogen) atoms. The Morgan fingerprint density at radius 3 is 2.36 bits per heavy atom. The van der Waals surface area contributed by atoms with E-state index in [0.717, 1.165) is 15.9 Å². The summed E-state index contributed by atoms with van der Waals surface area (Å²) < 4.78 is 27.8. The summed E-state index contributed by atoms with van der Waals surface area (Å²) >= 11 is 0. The van der Waals surface area contributed by atoms with E-state index in [1.165, 1.54) is 9.36 Å². The van der Waals surface area contributed by atoms with Crippen molar-refractivity contribution in [2.45, 2.75) is 55.6 Å². The van der Waals surface area contributed by atoms with Crippen LogP contribution in [0.4, 0.5) is 0 Å². The molecule has 1 aliphatic carbocycles. The second-order valence-electron chi connectivity index (χ2n) is 12.1. The number of benzene rings is 3. The summed E-state index contributed by atoms with van der Waals surface area (Å²) in [7, 11) is 1.61. The molecule has 12 heteroatoms. The highest BCUT2D eigenvalue weighted by molar-refractivity contribution is 5.94. The molecule has 4 aromatic rings. The Labute approximate surface area is 269 Å². The minimum absolute atomic E-state index is 0.0738. The second kappa shape index (κ2) is 12.0. The molecule has 0 bridgehead atoms. The lowest BCUT2D eigenvalue weighted by Crippen LogP contribution is -2.53. The van der Waals surface area contributed by atoms with Crippen molar-refractivity contribution < 1.29 is 28.9 Å². The number of epoxide rings is 1. The summed E-state index contributed by atoms with van der Waals surface area (Å²) in [5.41, 5.74) is 1.13. The van der Waals surface area contributed by atoms with Gasteiger partial charge in [0.05, 0.1) is 24.6 Å². The van der Waals surface area contributed by atoms with Gasteiger partial charge in [-0.15, -0.1) is 0 Å². The number of fused-ring (bicyclic) bond motifs is 4. The first-order valence-electron chi connectivity index (χ1n) is 15.7. The summed E-state index contributed by atoms with van der Waals surface area (Å²) in [6.45, 7) is 0.357. The molecule has 8 rings (SSSR count). The molecule has 2 fully saturated rings. The summed E-state index contributed by atoms with van der Waals surface area (Å²) in [5.74, 6) is 1.01. The van der Waals surface area contributed by atoms with Gasteiger partial charge in [-0.3, -0.25) is 0 Å². The molecule has 12 nitrogen and oxygen atoms in total. The van der Waals surface area contributed by atoms with Crippen molar-refractivity contribution in [2.75, 3.05) is 13.7 Å². The molecule has 8 atom stereocenters. The van der Waals surface area contributed by atoms with Crippen molar-refractivity contribution in [3.8, 4) is 17.2 Å². The summed E-state index contributed by atoms with van der Waals surface area (Å²) in [5, 5.41) is 15.9. The minimum Gasteiger partial charge on any atom is -0.497 e. The number of rotatable bonds is 8. The third-order valence-corrected chi connectivity index (χ3v) is 9.34. The number of aromatic nitrogens is 3. The SMILES string of the molecule is COc1ccc(O[C@H]2C=C[C@@H](c3ccccc3)O[C@H]2CON=C2[C@H]3CCn4c(=O)n(-c5ccccc5)c(=O)n4[C@@H]3[C@H](O)[C@@H]3O[C@H]23)cc1. The Balaban J connectivity index is 1.05. The van der Waals surface area contributed by atoms with Crippen molar-refractivity contribution in [1.82, 2.24) is 13.9 Å². The van der Waals surface area contributed by atoms with Crippen LogP contribution < -0.4 is 20.9 Å². The van der Waals surface area contributed by atoms with Gasteiger partial charge in [-0.25, -0.2) is 23.5 Å². The highest BCUT2D eigenvalue weighted by Crippen LogP contribution is 2.46. The lowest BCUT2D eigenvalue weighted by Gasteiger charge is -2.38. The van der Waals surface area contributed by atoms with Gasteiger partial charge in [-0.05, 0) is 54.5 Å². The second-order valence-corrected chi connectivity index (χ2v) is 12.1. The van der Waals surface area contributed by atoms with Gasteiger partial charge in [0.1, 0.15) is 54.7 Å². The summed E-state index contributed by atoms with van der Waals surface area (Å²) in [4.78, 5) is 33.1. The van der Waals surface area contributed by atoms with E-state index in [9.17, 15) is 14.7 Å². The molecule has 3 aliphatic heterocycles. The smallest absolute Gasteiger partial charge is 0.352 e. The first-order valence-corrected chi connectivity index (χ1v) is 15.7. The topological polar surface area (TPSA) is 131 Å². The van der Waals surface area contributed by atoms with Crippen LogP contribution in [0.1, 0.15) is 24.1 Å². The first kappa shape index (κ1) is 29.5. The molecule has 1 saturated carbocycles. The average Bonchev–Trinajstić information content (AvgIpc) is 3.88. The van der Waals surface area contributed by atoms with E-state index in [-0.39, 0.29) is 25.2 Å². The summed E-state index contributed by atoms with van der Waals surface area (Å²) in [6, 6.07) is 25.3. The number of aliphatic hydroxyl groups is 1. The Hall–Kier alpha value is -4.91. The quantitative estimate of drug-likeness (QED) is 0.177. The van der Waals surface area contributed by atoms with Crippen molar-refractivity contribution >= 4 is 5.71 Å². The average molecular weight is 639 g/mol. The van der Waals surface area contributed by atoms with E-state index in [0.29, 0.717) is 23.6 Å². The van der Waals surface area contributed by atoms with Crippen LogP contribution in [0, 0.1) is 5.92 Å². The number of oxime groups is 1. The molecule has 0 amide bonds. The largest absolute Gasteiger partial charge is 0.497 e. The zero-order valence-electron chi connectivity index (χ0n) is 25.6. The number of hydrogen-bond acceptors (Lipinski definition) is 9. The standard InChI is InChI=1S/C35H34N4O8/c1-43-23-12-14-24(15-13-23)45-27-17-16-26(21-8-4-2-5-9-21)46-28(27)20-44-36-29-25-18-19-37-34(41)38(22-10-6-3-7-11-22)35(42)39(37)30(25)31(40)33-32(29)47-33/h2-17,25-28,30-33,40H,18-20H2,1H3/t25-,26+,27+,28+,30+,31+,32-,33+/m1/s1. The molecule has 1 saturated heterocycles. The molecule has 0 radical (unpaired) electrons. The highest BCUT2D eigenvalue weighted by Gasteiger charge is 2.61. The number of methoxy groups -OCH3 is 1. The van der Waals surface area contributed by atoms with Crippen molar-refractivity contribution in [3.63, 3.8) is 0 Å². The molecular weight excluding hydrogens is 604 g/mol. The predicted octanol–water partition coefficient (Wildman–Crippen LogP) is 3.03. The zero-order valence-corrected chi connectivity index (χ0v) is 25.6. The maximum atomic E-state index is 13.7. The molecule has 0 spiro atoms. The molecule has 4 aliphatic rings.